The molecule has 0 atom stereocenters. The van der Waals surface area contributed by atoms with E-state index < -0.39 is 0 Å². The lowest BCUT2D eigenvalue weighted by Crippen LogP contribution is -2.22. The molecule has 3 aromatic heterocycles. The molecular formula is C19H15ClN6O. The molecule has 0 fully saturated rings. The Bertz CT molecular complexity index is 1060. The van der Waals surface area contributed by atoms with E-state index in [0.29, 0.717) is 22.9 Å². The Labute approximate surface area is 160 Å². The molecule has 1 N–H and O–H groups in total. The monoisotopic (exact) mass is 378 g/mol. The lowest BCUT2D eigenvalue weighted by molar-refractivity contribution is 0.0951. The van der Waals surface area contributed by atoms with E-state index in [2.05, 4.69) is 20.5 Å². The minimum absolute atomic E-state index is 0.201. The molecule has 0 aliphatic heterocycles. The molecule has 4 aromatic rings. The van der Waals surface area contributed by atoms with Crippen molar-refractivity contribution in [2.24, 2.45) is 0 Å². The van der Waals surface area contributed by atoms with Crippen molar-refractivity contribution in [2.75, 3.05) is 0 Å². The zero-order chi connectivity index (χ0) is 18.6. The van der Waals surface area contributed by atoms with E-state index in [-0.39, 0.29) is 5.91 Å². The molecule has 0 unspecified atom stereocenters. The van der Waals surface area contributed by atoms with Crippen LogP contribution < -0.4 is 5.32 Å². The predicted molar refractivity (Wildman–Crippen MR) is 101 cm³/mol. The summed E-state index contributed by atoms with van der Waals surface area (Å²) in [5.74, 6) is 0.495. The minimum Gasteiger partial charge on any atom is -0.348 e. The van der Waals surface area contributed by atoms with Gasteiger partial charge in [-0.05, 0) is 48.0 Å². The average Bonchev–Trinajstić information content (AvgIpc) is 3.39. The first-order valence-corrected chi connectivity index (χ1v) is 8.60. The van der Waals surface area contributed by atoms with E-state index in [0.717, 1.165) is 11.3 Å². The first-order chi connectivity index (χ1) is 13.2. The van der Waals surface area contributed by atoms with Crippen LogP contribution in [0.4, 0.5) is 0 Å². The van der Waals surface area contributed by atoms with Gasteiger partial charge in [0.2, 0.25) is 0 Å². The Balaban J connectivity index is 1.43. The van der Waals surface area contributed by atoms with Crippen LogP contribution in [0.3, 0.4) is 0 Å². The molecule has 1 amide bonds. The summed E-state index contributed by atoms with van der Waals surface area (Å²) >= 11 is 5.89. The highest BCUT2D eigenvalue weighted by Gasteiger charge is 2.10. The van der Waals surface area contributed by atoms with E-state index in [4.69, 9.17) is 11.6 Å². The number of nitrogens with zero attached hydrogens (tertiary/aromatic N) is 5. The number of halogens is 1. The summed E-state index contributed by atoms with van der Waals surface area (Å²) in [6, 6.07) is 12.8. The summed E-state index contributed by atoms with van der Waals surface area (Å²) in [5, 5.41) is 11.9. The van der Waals surface area contributed by atoms with Gasteiger partial charge in [0.05, 0.1) is 17.4 Å². The number of benzene rings is 1. The Morgan fingerprint density at radius 1 is 1.07 bits per heavy atom. The maximum atomic E-state index is 12.4. The van der Waals surface area contributed by atoms with E-state index in [1.807, 2.05) is 36.5 Å². The van der Waals surface area contributed by atoms with Gasteiger partial charge in [-0.1, -0.05) is 11.6 Å². The molecule has 3 heterocycles. The number of carbonyl (C=O) groups is 1. The van der Waals surface area contributed by atoms with Gasteiger partial charge in [0.25, 0.3) is 5.91 Å². The molecule has 0 bridgehead atoms. The summed E-state index contributed by atoms with van der Waals surface area (Å²) < 4.78 is 3.30. The molecule has 0 aliphatic rings. The molecule has 0 aliphatic carbocycles. The SMILES string of the molecule is O=C(NCc1ccnc(-n2cccn2)c1)c1cnn(-c2ccc(Cl)cc2)c1. The Kier molecular flexibility index (Phi) is 4.67. The molecule has 0 saturated heterocycles. The topological polar surface area (TPSA) is 77.6 Å². The molecule has 0 radical (unpaired) electrons. The third kappa shape index (κ3) is 3.88. The number of rotatable bonds is 5. The van der Waals surface area contributed by atoms with Crippen LogP contribution in [0, 0.1) is 0 Å². The smallest absolute Gasteiger partial charge is 0.254 e. The average molecular weight is 379 g/mol. The van der Waals surface area contributed by atoms with Crippen LogP contribution in [0.15, 0.2) is 73.4 Å². The molecule has 8 heteroatoms. The van der Waals surface area contributed by atoms with Crippen molar-refractivity contribution in [1.29, 1.82) is 0 Å². The second-order valence-corrected chi connectivity index (χ2v) is 6.24. The van der Waals surface area contributed by atoms with E-state index >= 15 is 0 Å². The quantitative estimate of drug-likeness (QED) is 0.579. The van der Waals surface area contributed by atoms with Gasteiger partial charge in [-0.25, -0.2) is 14.3 Å². The summed E-state index contributed by atoms with van der Waals surface area (Å²) in [6.45, 7) is 0.377. The highest BCUT2D eigenvalue weighted by atomic mass is 35.5. The number of hydrogen-bond donors (Lipinski definition) is 1. The van der Waals surface area contributed by atoms with Crippen LogP contribution in [0.5, 0.6) is 0 Å². The lowest BCUT2D eigenvalue weighted by atomic mass is 10.2. The van der Waals surface area contributed by atoms with Crippen LogP contribution in [0.2, 0.25) is 5.02 Å². The van der Waals surface area contributed by atoms with Crippen LogP contribution in [-0.2, 0) is 6.54 Å². The molecule has 134 valence electrons. The van der Waals surface area contributed by atoms with Crippen molar-refractivity contribution >= 4 is 17.5 Å². The van der Waals surface area contributed by atoms with Crippen molar-refractivity contribution in [3.8, 4) is 11.5 Å². The summed E-state index contributed by atoms with van der Waals surface area (Å²) in [5.41, 5.74) is 2.23. The van der Waals surface area contributed by atoms with E-state index in [1.165, 1.54) is 6.20 Å². The highest BCUT2D eigenvalue weighted by Crippen LogP contribution is 2.13. The maximum absolute atomic E-state index is 12.4. The highest BCUT2D eigenvalue weighted by molar-refractivity contribution is 6.30. The molecular weight excluding hydrogens is 364 g/mol. The van der Waals surface area contributed by atoms with Crippen molar-refractivity contribution in [1.82, 2.24) is 29.9 Å². The van der Waals surface area contributed by atoms with Crippen molar-refractivity contribution in [3.63, 3.8) is 0 Å². The van der Waals surface area contributed by atoms with E-state index in [1.54, 1.807) is 40.1 Å². The number of carbonyl (C=O) groups excluding carboxylic acids is 1. The zero-order valence-corrected chi connectivity index (χ0v) is 14.9. The minimum atomic E-state index is -0.201. The van der Waals surface area contributed by atoms with Gasteiger partial charge in [-0.2, -0.15) is 10.2 Å². The Morgan fingerprint density at radius 3 is 2.70 bits per heavy atom. The third-order valence-corrected chi connectivity index (χ3v) is 4.19. The number of hydrogen-bond acceptors (Lipinski definition) is 4. The van der Waals surface area contributed by atoms with E-state index in [9.17, 15) is 4.79 Å². The fourth-order valence-electron chi connectivity index (χ4n) is 2.56. The first-order valence-electron chi connectivity index (χ1n) is 8.23. The number of nitrogens with one attached hydrogen (secondary N) is 1. The maximum Gasteiger partial charge on any atom is 0.254 e. The number of amides is 1. The Morgan fingerprint density at radius 2 is 1.93 bits per heavy atom. The number of pyridine rings is 1. The predicted octanol–water partition coefficient (Wildman–Crippen LogP) is 3.04. The lowest BCUT2D eigenvalue weighted by Gasteiger charge is -2.06. The molecule has 0 saturated carbocycles. The molecule has 4 rings (SSSR count). The molecule has 0 spiro atoms. The second kappa shape index (κ2) is 7.43. The van der Waals surface area contributed by atoms with Gasteiger partial charge in [0.15, 0.2) is 5.82 Å². The fourth-order valence-corrected chi connectivity index (χ4v) is 2.69. The van der Waals surface area contributed by atoms with Crippen LogP contribution in [-0.4, -0.2) is 30.5 Å². The first kappa shape index (κ1) is 17.0. The third-order valence-electron chi connectivity index (χ3n) is 3.94. The van der Waals surface area contributed by atoms with Gasteiger partial charge in [-0.15, -0.1) is 0 Å². The van der Waals surface area contributed by atoms with Gasteiger partial charge in [-0.3, -0.25) is 4.79 Å². The van der Waals surface area contributed by atoms with Crippen LogP contribution in [0.1, 0.15) is 15.9 Å². The largest absolute Gasteiger partial charge is 0.348 e. The normalized spacial score (nSPS) is 10.7. The summed E-state index contributed by atoms with van der Waals surface area (Å²) in [6.07, 6.45) is 8.41. The van der Waals surface area contributed by atoms with Crippen LogP contribution >= 0.6 is 11.6 Å². The summed E-state index contributed by atoms with van der Waals surface area (Å²) in [7, 11) is 0. The second-order valence-electron chi connectivity index (χ2n) is 5.81. The van der Waals surface area contributed by atoms with Gasteiger partial charge in [0, 0.05) is 36.4 Å². The van der Waals surface area contributed by atoms with Crippen molar-refractivity contribution in [3.05, 3.63) is 89.6 Å². The van der Waals surface area contributed by atoms with Gasteiger partial charge >= 0.3 is 0 Å². The Hall–Kier alpha value is -3.45. The molecule has 27 heavy (non-hydrogen) atoms. The zero-order valence-electron chi connectivity index (χ0n) is 14.2. The summed E-state index contributed by atoms with van der Waals surface area (Å²) in [4.78, 5) is 16.7. The van der Waals surface area contributed by atoms with Crippen molar-refractivity contribution in [2.45, 2.75) is 6.54 Å². The van der Waals surface area contributed by atoms with Gasteiger partial charge in [0.1, 0.15) is 0 Å². The number of aromatic nitrogens is 5. The fraction of sp³-hybridized carbons (Fsp3) is 0.0526. The van der Waals surface area contributed by atoms with Crippen molar-refractivity contribution < 1.29 is 4.79 Å². The van der Waals surface area contributed by atoms with Crippen LogP contribution in [0.25, 0.3) is 11.5 Å². The molecule has 1 aromatic carbocycles. The van der Waals surface area contributed by atoms with Gasteiger partial charge < -0.3 is 5.32 Å². The standard InChI is InChI=1S/C19H15ClN6O/c20-16-2-4-17(5-3-16)26-13-15(12-24-26)19(27)22-11-14-6-8-21-18(10-14)25-9-1-7-23-25/h1-10,12-13H,11H2,(H,22,27). The molecule has 7 nitrogen and oxygen atoms in total.